The molecule has 0 spiro atoms. The smallest absolute Gasteiger partial charge is 0.191 e. The van der Waals surface area contributed by atoms with Crippen LogP contribution in [0.3, 0.4) is 0 Å². The van der Waals surface area contributed by atoms with Crippen molar-refractivity contribution >= 4 is 29.9 Å². The zero-order chi connectivity index (χ0) is 16.6. The zero-order valence-electron chi connectivity index (χ0n) is 15.0. The number of methoxy groups -OCH3 is 2. The highest BCUT2D eigenvalue weighted by Gasteiger charge is 2.16. The van der Waals surface area contributed by atoms with Gasteiger partial charge in [-0.3, -0.25) is 4.99 Å². The summed E-state index contributed by atoms with van der Waals surface area (Å²) < 4.78 is 10.7. The normalized spacial score (nSPS) is 11.7. The van der Waals surface area contributed by atoms with E-state index in [1.165, 1.54) is 5.56 Å². The summed E-state index contributed by atoms with van der Waals surface area (Å²) >= 11 is 0. The molecule has 0 aromatic heterocycles. The molecular weight excluding hydrogens is 405 g/mol. The van der Waals surface area contributed by atoms with E-state index in [1.807, 2.05) is 20.8 Å². The Morgan fingerprint density at radius 3 is 2.48 bits per heavy atom. The Bertz CT molecular complexity index is 505. The third-order valence-electron chi connectivity index (χ3n) is 3.64. The molecule has 0 atom stereocenters. The van der Waals surface area contributed by atoms with Crippen LogP contribution in [0.1, 0.15) is 25.0 Å². The molecule has 0 aliphatic rings. The lowest BCUT2D eigenvalue weighted by atomic mass is 10.1. The van der Waals surface area contributed by atoms with Gasteiger partial charge in [0.2, 0.25) is 0 Å². The molecule has 0 fully saturated rings. The van der Waals surface area contributed by atoms with E-state index in [0.29, 0.717) is 6.54 Å². The molecule has 1 aromatic carbocycles. The Balaban J connectivity index is 0.00000484. The second-order valence-corrected chi connectivity index (χ2v) is 5.87. The summed E-state index contributed by atoms with van der Waals surface area (Å²) in [5.41, 5.74) is 2.17. The molecule has 5 nitrogen and oxygen atoms in total. The first-order chi connectivity index (χ1) is 10.4. The number of guanidine groups is 1. The first-order valence-electron chi connectivity index (χ1n) is 7.55. The number of aryl methyl sites for hydroxylation is 1. The Hall–Kier alpha value is -1.02. The number of hydrogen-bond donors (Lipinski definition) is 2. The maximum absolute atomic E-state index is 5.38. The number of halogens is 1. The second-order valence-electron chi connectivity index (χ2n) is 5.87. The molecule has 0 aliphatic carbocycles. The Labute approximate surface area is 157 Å². The fourth-order valence-electron chi connectivity index (χ4n) is 1.93. The first kappa shape index (κ1) is 22.0. The monoisotopic (exact) mass is 435 g/mol. The summed E-state index contributed by atoms with van der Waals surface area (Å²) in [4.78, 5) is 4.22. The minimum Gasteiger partial charge on any atom is -0.496 e. The topological polar surface area (TPSA) is 54.9 Å². The third kappa shape index (κ3) is 7.87. The van der Waals surface area contributed by atoms with Gasteiger partial charge >= 0.3 is 0 Å². The van der Waals surface area contributed by atoms with E-state index in [0.717, 1.165) is 30.2 Å². The molecule has 2 N–H and O–H groups in total. The second kappa shape index (κ2) is 10.7. The molecule has 132 valence electrons. The van der Waals surface area contributed by atoms with Crippen molar-refractivity contribution in [3.05, 3.63) is 29.3 Å². The number of nitrogens with zero attached hydrogens (tertiary/aromatic N) is 1. The number of aliphatic imine (C=N–C) groups is 1. The fourth-order valence-corrected chi connectivity index (χ4v) is 1.93. The van der Waals surface area contributed by atoms with Gasteiger partial charge < -0.3 is 20.1 Å². The van der Waals surface area contributed by atoms with Gasteiger partial charge in [0.25, 0.3) is 0 Å². The third-order valence-corrected chi connectivity index (χ3v) is 3.64. The molecule has 0 saturated carbocycles. The summed E-state index contributed by atoms with van der Waals surface area (Å²) in [5.74, 6) is 1.71. The summed E-state index contributed by atoms with van der Waals surface area (Å²) in [6.07, 6.45) is 0.908. The van der Waals surface area contributed by atoms with Crippen molar-refractivity contribution in [1.82, 2.24) is 10.6 Å². The van der Waals surface area contributed by atoms with Gasteiger partial charge in [0.15, 0.2) is 5.96 Å². The number of hydrogen-bond acceptors (Lipinski definition) is 3. The molecule has 1 rings (SSSR count). The van der Waals surface area contributed by atoms with Gasteiger partial charge in [0.1, 0.15) is 5.75 Å². The lowest BCUT2D eigenvalue weighted by molar-refractivity contribution is 0.0268. The van der Waals surface area contributed by atoms with Crippen LogP contribution in [0.15, 0.2) is 23.2 Å². The number of ether oxygens (including phenoxy) is 2. The van der Waals surface area contributed by atoms with Gasteiger partial charge in [-0.05, 0) is 44.4 Å². The molecule has 6 heteroatoms. The SMILES string of the molecule is CN=C(NCCc1ccc(C)c(OC)c1)NCC(C)(C)OC.I. The summed E-state index contributed by atoms with van der Waals surface area (Å²) in [7, 11) is 5.18. The van der Waals surface area contributed by atoms with Gasteiger partial charge in [-0.1, -0.05) is 12.1 Å². The Morgan fingerprint density at radius 1 is 1.22 bits per heavy atom. The highest BCUT2D eigenvalue weighted by atomic mass is 127. The lowest BCUT2D eigenvalue weighted by Crippen LogP contribution is -2.45. The van der Waals surface area contributed by atoms with E-state index >= 15 is 0 Å². The summed E-state index contributed by atoms with van der Waals surface area (Å²) in [5, 5.41) is 6.58. The Kier molecular flexibility index (Phi) is 10.2. The fraction of sp³-hybridized carbons (Fsp3) is 0.588. The van der Waals surface area contributed by atoms with Gasteiger partial charge in [-0.15, -0.1) is 24.0 Å². The zero-order valence-corrected chi connectivity index (χ0v) is 17.4. The van der Waals surface area contributed by atoms with Crippen LogP contribution in [-0.2, 0) is 11.2 Å². The molecule has 0 heterocycles. The van der Waals surface area contributed by atoms with Crippen LogP contribution in [-0.4, -0.2) is 45.9 Å². The van der Waals surface area contributed by atoms with Gasteiger partial charge in [0, 0.05) is 27.2 Å². The van der Waals surface area contributed by atoms with Crippen molar-refractivity contribution in [3.8, 4) is 5.75 Å². The lowest BCUT2D eigenvalue weighted by Gasteiger charge is -2.24. The van der Waals surface area contributed by atoms with E-state index in [9.17, 15) is 0 Å². The van der Waals surface area contributed by atoms with E-state index in [1.54, 1.807) is 21.3 Å². The highest BCUT2D eigenvalue weighted by Crippen LogP contribution is 2.18. The average Bonchev–Trinajstić information content (AvgIpc) is 2.52. The minimum absolute atomic E-state index is 0. The van der Waals surface area contributed by atoms with Gasteiger partial charge in [-0.25, -0.2) is 0 Å². The van der Waals surface area contributed by atoms with Crippen LogP contribution in [0.25, 0.3) is 0 Å². The predicted octanol–water partition coefficient (Wildman–Crippen LogP) is 2.75. The van der Waals surface area contributed by atoms with Crippen molar-refractivity contribution in [1.29, 1.82) is 0 Å². The molecule has 0 unspecified atom stereocenters. The van der Waals surface area contributed by atoms with Crippen LogP contribution in [0, 0.1) is 6.92 Å². The predicted molar refractivity (Wildman–Crippen MR) is 107 cm³/mol. The standard InChI is InChI=1S/C17H29N3O2.HI/c1-13-7-8-14(11-15(13)21-5)9-10-19-16(18-4)20-12-17(2,3)22-6;/h7-8,11H,9-10,12H2,1-6H3,(H2,18,19,20);1H. The number of benzene rings is 1. The minimum atomic E-state index is -0.220. The van der Waals surface area contributed by atoms with Crippen LogP contribution in [0.4, 0.5) is 0 Å². The maximum atomic E-state index is 5.38. The van der Waals surface area contributed by atoms with Crippen LogP contribution in [0.5, 0.6) is 5.75 Å². The summed E-state index contributed by atoms with van der Waals surface area (Å²) in [6, 6.07) is 6.30. The van der Waals surface area contributed by atoms with Crippen molar-refractivity contribution in [3.63, 3.8) is 0 Å². The van der Waals surface area contributed by atoms with Crippen molar-refractivity contribution in [2.45, 2.75) is 32.8 Å². The molecule has 0 radical (unpaired) electrons. The van der Waals surface area contributed by atoms with Gasteiger partial charge in [0.05, 0.1) is 12.7 Å². The number of nitrogens with one attached hydrogen (secondary N) is 2. The van der Waals surface area contributed by atoms with Crippen LogP contribution < -0.4 is 15.4 Å². The van der Waals surface area contributed by atoms with E-state index in [-0.39, 0.29) is 29.6 Å². The molecule has 0 amide bonds. The van der Waals surface area contributed by atoms with E-state index in [4.69, 9.17) is 9.47 Å². The highest BCUT2D eigenvalue weighted by molar-refractivity contribution is 14.0. The largest absolute Gasteiger partial charge is 0.496 e. The van der Waals surface area contributed by atoms with Crippen molar-refractivity contribution in [2.75, 3.05) is 34.4 Å². The molecule has 23 heavy (non-hydrogen) atoms. The molecule has 0 bridgehead atoms. The van der Waals surface area contributed by atoms with Crippen molar-refractivity contribution < 1.29 is 9.47 Å². The molecule has 1 aromatic rings. The van der Waals surface area contributed by atoms with Gasteiger partial charge in [-0.2, -0.15) is 0 Å². The number of rotatable bonds is 7. The van der Waals surface area contributed by atoms with E-state index in [2.05, 4.69) is 33.8 Å². The van der Waals surface area contributed by atoms with Crippen LogP contribution >= 0.6 is 24.0 Å². The van der Waals surface area contributed by atoms with E-state index < -0.39 is 0 Å². The van der Waals surface area contributed by atoms with Crippen LogP contribution in [0.2, 0.25) is 0 Å². The quantitative estimate of drug-likeness (QED) is 0.393. The molecule has 0 saturated heterocycles. The molecule has 0 aliphatic heterocycles. The average molecular weight is 435 g/mol. The van der Waals surface area contributed by atoms with Crippen molar-refractivity contribution in [2.24, 2.45) is 4.99 Å². The Morgan fingerprint density at radius 2 is 1.91 bits per heavy atom. The first-order valence-corrected chi connectivity index (χ1v) is 7.55. The maximum Gasteiger partial charge on any atom is 0.191 e. The molecular formula is C17H30IN3O2. The summed E-state index contributed by atoms with van der Waals surface area (Å²) in [6.45, 7) is 7.61.